The van der Waals surface area contributed by atoms with E-state index in [-0.39, 0.29) is 0 Å². The average molecular weight is 1070 g/mol. The predicted octanol–water partition coefficient (Wildman–Crippen LogP) is 19.2. The molecule has 386 valence electrons. The number of benzene rings is 11. The molecule has 0 aliphatic rings. The van der Waals surface area contributed by atoms with Crippen molar-refractivity contribution >= 4 is 110 Å². The largest absolute Gasteiger partial charge is 0.456 e. The minimum Gasteiger partial charge on any atom is -0.456 e. The molecule has 83 heavy (non-hydrogen) atoms. The lowest BCUT2D eigenvalue weighted by molar-refractivity contribution is 0.668. The average Bonchev–Trinajstić information content (AvgIpc) is 3.87. The van der Waals surface area contributed by atoms with Crippen molar-refractivity contribution in [1.29, 1.82) is 0 Å². The molecule has 0 spiro atoms. The van der Waals surface area contributed by atoms with E-state index in [9.17, 15) is 0 Å². The van der Waals surface area contributed by atoms with Crippen LogP contribution in [0.5, 0.6) is 0 Å². The van der Waals surface area contributed by atoms with Crippen molar-refractivity contribution < 1.29 is 22.1 Å². The molecule has 0 aliphatic carbocycles. The predicted molar refractivity (Wildman–Crippen MR) is 328 cm³/mol. The Balaban J connectivity index is 0.784. The summed E-state index contributed by atoms with van der Waals surface area (Å²) < 4.78 is 32.8. The first-order valence-corrected chi connectivity index (χ1v) is 27.3. The van der Waals surface area contributed by atoms with E-state index in [1.165, 1.54) is 0 Å². The SMILES string of the molecule is c1ccc(-c2nc(-c3ccc4c(c3)oc3ccccc34)nc(-c3ccc4c(c3)oc3cc(-c5ccc(-c6nc(-c7cccc8oc9ccccc9c78)nc(-c7cccc8oc9ccccc9c78)n6)c6c5oc5ccccc56)ccc34)n2)cc1. The fourth-order valence-corrected chi connectivity index (χ4v) is 12.2. The molecule has 7 heterocycles. The van der Waals surface area contributed by atoms with Crippen molar-refractivity contribution in [3.63, 3.8) is 0 Å². The topological polar surface area (TPSA) is 143 Å². The van der Waals surface area contributed by atoms with Crippen LogP contribution in [0.25, 0.3) is 189 Å². The number of furan rings is 5. The molecule has 0 fully saturated rings. The smallest absolute Gasteiger partial charge is 0.164 e. The lowest BCUT2D eigenvalue weighted by atomic mass is 9.97. The van der Waals surface area contributed by atoms with Crippen molar-refractivity contribution in [2.45, 2.75) is 0 Å². The second-order valence-electron chi connectivity index (χ2n) is 20.8. The molecule has 11 heteroatoms. The molecular weight excluding hydrogens is 1030 g/mol. The summed E-state index contributed by atoms with van der Waals surface area (Å²) in [4.78, 5) is 31.3. The molecule has 11 nitrogen and oxygen atoms in total. The zero-order valence-electron chi connectivity index (χ0n) is 43.7. The highest BCUT2D eigenvalue weighted by atomic mass is 16.3. The number of hydrogen-bond donors (Lipinski definition) is 0. The van der Waals surface area contributed by atoms with Crippen LogP contribution in [-0.4, -0.2) is 29.9 Å². The zero-order valence-corrected chi connectivity index (χ0v) is 43.7. The lowest BCUT2D eigenvalue weighted by Crippen LogP contribution is -2.01. The van der Waals surface area contributed by atoms with Gasteiger partial charge in [-0.2, -0.15) is 0 Å². The van der Waals surface area contributed by atoms with Crippen LogP contribution < -0.4 is 0 Å². The van der Waals surface area contributed by atoms with Gasteiger partial charge in [-0.15, -0.1) is 0 Å². The van der Waals surface area contributed by atoms with E-state index in [4.69, 9.17) is 52.0 Å². The van der Waals surface area contributed by atoms with Crippen LogP contribution in [0, 0.1) is 0 Å². The molecule has 0 unspecified atom stereocenters. The maximum absolute atomic E-state index is 6.92. The first kappa shape index (κ1) is 45.3. The molecule has 11 aromatic carbocycles. The summed E-state index contributed by atoms with van der Waals surface area (Å²) in [5.41, 5.74) is 14.2. The molecule has 0 bridgehead atoms. The van der Waals surface area contributed by atoms with Gasteiger partial charge in [0.25, 0.3) is 0 Å². The van der Waals surface area contributed by atoms with Crippen LogP contribution in [0.4, 0.5) is 0 Å². The Hall–Kier alpha value is -11.6. The molecule has 0 atom stereocenters. The van der Waals surface area contributed by atoms with Crippen LogP contribution in [0.3, 0.4) is 0 Å². The van der Waals surface area contributed by atoms with Crippen LogP contribution >= 0.6 is 0 Å². The molecule has 18 rings (SSSR count). The fourth-order valence-electron chi connectivity index (χ4n) is 12.2. The molecule has 0 saturated carbocycles. The van der Waals surface area contributed by atoms with Gasteiger partial charge in [0.15, 0.2) is 34.9 Å². The van der Waals surface area contributed by atoms with E-state index >= 15 is 0 Å². The normalized spacial score (nSPS) is 12.1. The first-order valence-electron chi connectivity index (χ1n) is 27.3. The number of rotatable bonds is 7. The number of hydrogen-bond acceptors (Lipinski definition) is 11. The van der Waals surface area contributed by atoms with Gasteiger partial charge in [-0.25, -0.2) is 29.9 Å². The van der Waals surface area contributed by atoms with Gasteiger partial charge in [0.1, 0.15) is 55.8 Å². The molecule has 0 saturated heterocycles. The van der Waals surface area contributed by atoms with Gasteiger partial charge in [0.2, 0.25) is 0 Å². The highest BCUT2D eigenvalue weighted by Gasteiger charge is 2.25. The molecule has 7 aromatic heterocycles. The molecule has 0 radical (unpaired) electrons. The van der Waals surface area contributed by atoms with E-state index in [1.54, 1.807) is 0 Å². The standard InChI is InChI=1S/C72H38N6O5/c1-2-14-39(15-3-1)67-73-68(41-29-32-45-44-16-4-8-22-54(44)81-61(45)37-41)75-69(74-67)42-30-33-47-46-31-28-40(36-60(46)82-62(47)38-42)43-34-35-53(65-50-19-7-11-25-57(50)83-66(43)65)72-77-70(51-20-12-26-58-63(51)48-17-5-9-23-55(48)79-58)76-71(78-72)52-21-13-27-59-64(52)49-18-6-10-24-56(49)80-59/h1-38H. The van der Waals surface area contributed by atoms with Gasteiger partial charge in [-0.05, 0) is 90.5 Å². The second kappa shape index (κ2) is 17.5. The molecule has 18 aromatic rings. The number of aromatic nitrogens is 6. The Morgan fingerprint density at radius 3 is 1.08 bits per heavy atom. The van der Waals surface area contributed by atoms with Crippen LogP contribution in [-0.2, 0) is 0 Å². The Kier molecular flexibility index (Phi) is 9.54. The molecule has 0 aliphatic heterocycles. The number of nitrogens with zero attached hydrogens (tertiary/aromatic N) is 6. The fraction of sp³-hybridized carbons (Fsp3) is 0. The van der Waals surface area contributed by atoms with Crippen LogP contribution in [0.1, 0.15) is 0 Å². The zero-order chi connectivity index (χ0) is 54.3. The minimum atomic E-state index is 0.486. The minimum absolute atomic E-state index is 0.486. The first-order chi connectivity index (χ1) is 41.1. The summed E-state index contributed by atoms with van der Waals surface area (Å²) in [6.45, 7) is 0. The summed E-state index contributed by atoms with van der Waals surface area (Å²) in [6, 6.07) is 77.1. The van der Waals surface area contributed by atoms with Crippen LogP contribution in [0.15, 0.2) is 253 Å². The van der Waals surface area contributed by atoms with E-state index in [0.717, 1.165) is 143 Å². The Bertz CT molecular complexity index is 5600. The van der Waals surface area contributed by atoms with E-state index in [1.807, 2.05) is 152 Å². The van der Waals surface area contributed by atoms with E-state index in [2.05, 4.69) is 78.9 Å². The summed E-state index contributed by atoms with van der Waals surface area (Å²) >= 11 is 0. The monoisotopic (exact) mass is 1070 g/mol. The third-order valence-corrected chi connectivity index (χ3v) is 16.0. The number of fused-ring (bicyclic) bond motifs is 15. The maximum atomic E-state index is 6.92. The van der Waals surface area contributed by atoms with Gasteiger partial charge in [0, 0.05) is 92.8 Å². The van der Waals surface area contributed by atoms with Gasteiger partial charge in [0.05, 0.1) is 0 Å². The molecular formula is C72H38N6O5. The highest BCUT2D eigenvalue weighted by molar-refractivity contribution is 6.18. The summed E-state index contributed by atoms with van der Waals surface area (Å²) in [6.07, 6.45) is 0. The highest BCUT2D eigenvalue weighted by Crippen LogP contribution is 2.45. The van der Waals surface area contributed by atoms with Gasteiger partial charge in [-0.3, -0.25) is 0 Å². The Labute approximate surface area is 469 Å². The van der Waals surface area contributed by atoms with Crippen molar-refractivity contribution in [1.82, 2.24) is 29.9 Å². The van der Waals surface area contributed by atoms with Gasteiger partial charge in [-0.1, -0.05) is 146 Å². The van der Waals surface area contributed by atoms with Crippen molar-refractivity contribution in [3.05, 3.63) is 231 Å². The summed E-state index contributed by atoms with van der Waals surface area (Å²) in [5.74, 6) is 3.11. The molecule has 0 amide bonds. The lowest BCUT2D eigenvalue weighted by Gasteiger charge is -2.12. The van der Waals surface area contributed by atoms with E-state index < -0.39 is 0 Å². The third kappa shape index (κ3) is 7.04. The van der Waals surface area contributed by atoms with Crippen molar-refractivity contribution in [2.75, 3.05) is 0 Å². The van der Waals surface area contributed by atoms with Crippen molar-refractivity contribution in [3.8, 4) is 79.5 Å². The van der Waals surface area contributed by atoms with Gasteiger partial charge < -0.3 is 22.1 Å². The Morgan fingerprint density at radius 2 is 0.542 bits per heavy atom. The summed E-state index contributed by atoms with van der Waals surface area (Å²) in [7, 11) is 0. The van der Waals surface area contributed by atoms with Gasteiger partial charge >= 0.3 is 0 Å². The van der Waals surface area contributed by atoms with E-state index in [0.29, 0.717) is 46.1 Å². The second-order valence-corrected chi connectivity index (χ2v) is 20.8. The quantitative estimate of drug-likeness (QED) is 0.150. The Morgan fingerprint density at radius 1 is 0.193 bits per heavy atom. The maximum Gasteiger partial charge on any atom is 0.164 e. The molecule has 0 N–H and O–H groups in total. The third-order valence-electron chi connectivity index (χ3n) is 16.0. The number of para-hydroxylation sites is 4. The summed E-state index contributed by atoms with van der Waals surface area (Å²) in [5, 5.41) is 9.64. The van der Waals surface area contributed by atoms with Crippen molar-refractivity contribution in [2.24, 2.45) is 0 Å². The van der Waals surface area contributed by atoms with Crippen LogP contribution in [0.2, 0.25) is 0 Å².